The lowest BCUT2D eigenvalue weighted by Crippen LogP contribution is -2.37. The normalized spacial score (nSPS) is 10.2. The summed E-state index contributed by atoms with van der Waals surface area (Å²) >= 11 is 11.7. The molecule has 0 aliphatic heterocycles. The van der Waals surface area contributed by atoms with Crippen molar-refractivity contribution in [1.29, 1.82) is 0 Å². The van der Waals surface area contributed by atoms with Gasteiger partial charge in [0.1, 0.15) is 5.82 Å². The molecule has 0 fully saturated rings. The van der Waals surface area contributed by atoms with Crippen LogP contribution in [0.25, 0.3) is 0 Å². The molecular formula is C18H15Cl2FN2O4. The van der Waals surface area contributed by atoms with Gasteiger partial charge in [-0.2, -0.15) is 0 Å². The van der Waals surface area contributed by atoms with E-state index in [1.165, 1.54) is 49.5 Å². The lowest BCUT2D eigenvalue weighted by molar-refractivity contribution is -0.136. The van der Waals surface area contributed by atoms with E-state index in [1.807, 2.05) is 0 Å². The zero-order valence-electron chi connectivity index (χ0n) is 14.2. The SMILES string of the molecule is CN(CC(=O)Nc1ccc(F)cc1)C(=O)COC(=O)c1cccc(Cl)c1Cl. The number of nitrogens with zero attached hydrogens (tertiary/aromatic N) is 1. The zero-order valence-corrected chi connectivity index (χ0v) is 15.7. The van der Waals surface area contributed by atoms with Gasteiger partial charge < -0.3 is 15.0 Å². The number of benzene rings is 2. The maximum atomic E-state index is 12.8. The molecular weight excluding hydrogens is 398 g/mol. The van der Waals surface area contributed by atoms with Crippen molar-refractivity contribution in [2.45, 2.75) is 0 Å². The number of amides is 2. The minimum Gasteiger partial charge on any atom is -0.452 e. The first-order chi connectivity index (χ1) is 12.8. The number of hydrogen-bond acceptors (Lipinski definition) is 4. The number of hydrogen-bond donors (Lipinski definition) is 1. The van der Waals surface area contributed by atoms with Crippen LogP contribution in [-0.2, 0) is 14.3 Å². The van der Waals surface area contributed by atoms with Crippen molar-refractivity contribution in [2.24, 2.45) is 0 Å². The molecule has 2 aromatic rings. The number of rotatable bonds is 6. The van der Waals surface area contributed by atoms with E-state index >= 15 is 0 Å². The highest BCUT2D eigenvalue weighted by molar-refractivity contribution is 6.43. The fraction of sp³-hybridized carbons (Fsp3) is 0.167. The molecule has 2 aromatic carbocycles. The van der Waals surface area contributed by atoms with Crippen LogP contribution in [0.5, 0.6) is 0 Å². The Morgan fingerprint density at radius 2 is 1.78 bits per heavy atom. The molecule has 1 N–H and O–H groups in total. The average molecular weight is 413 g/mol. The summed E-state index contributed by atoms with van der Waals surface area (Å²) in [6, 6.07) is 9.64. The fourth-order valence-corrected chi connectivity index (χ4v) is 2.39. The van der Waals surface area contributed by atoms with Crippen molar-refractivity contribution >= 4 is 46.7 Å². The molecule has 0 bridgehead atoms. The third kappa shape index (κ3) is 5.94. The highest BCUT2D eigenvalue weighted by Crippen LogP contribution is 2.25. The van der Waals surface area contributed by atoms with E-state index in [-0.39, 0.29) is 22.2 Å². The Labute approximate surface area is 164 Å². The molecule has 6 nitrogen and oxygen atoms in total. The van der Waals surface area contributed by atoms with Crippen LogP contribution in [0.4, 0.5) is 10.1 Å². The van der Waals surface area contributed by atoms with E-state index in [4.69, 9.17) is 27.9 Å². The minimum atomic E-state index is -0.806. The van der Waals surface area contributed by atoms with E-state index in [1.54, 1.807) is 0 Å². The van der Waals surface area contributed by atoms with Gasteiger partial charge in [0.2, 0.25) is 5.91 Å². The molecule has 0 radical (unpaired) electrons. The Kier molecular flexibility index (Phi) is 7.15. The van der Waals surface area contributed by atoms with Crippen molar-refractivity contribution in [3.8, 4) is 0 Å². The molecule has 9 heteroatoms. The molecule has 0 aromatic heterocycles. The van der Waals surface area contributed by atoms with Gasteiger partial charge in [-0.25, -0.2) is 9.18 Å². The Bertz CT molecular complexity index is 859. The van der Waals surface area contributed by atoms with E-state index < -0.39 is 30.2 Å². The Morgan fingerprint density at radius 3 is 2.44 bits per heavy atom. The van der Waals surface area contributed by atoms with Crippen molar-refractivity contribution in [3.63, 3.8) is 0 Å². The third-order valence-corrected chi connectivity index (χ3v) is 4.25. The summed E-state index contributed by atoms with van der Waals surface area (Å²) in [4.78, 5) is 37.0. The number of halogens is 3. The lowest BCUT2D eigenvalue weighted by Gasteiger charge is -2.17. The third-order valence-electron chi connectivity index (χ3n) is 3.43. The van der Waals surface area contributed by atoms with Crippen molar-refractivity contribution in [1.82, 2.24) is 4.90 Å². The Balaban J connectivity index is 1.84. The van der Waals surface area contributed by atoms with Gasteiger partial charge in [-0.15, -0.1) is 0 Å². The summed E-state index contributed by atoms with van der Waals surface area (Å²) < 4.78 is 17.8. The summed E-state index contributed by atoms with van der Waals surface area (Å²) in [6.07, 6.45) is 0. The predicted octanol–water partition coefficient (Wildman–Crippen LogP) is 3.39. The van der Waals surface area contributed by atoms with Crippen LogP contribution in [0, 0.1) is 5.82 Å². The molecule has 142 valence electrons. The molecule has 0 heterocycles. The maximum Gasteiger partial charge on any atom is 0.340 e. The van der Waals surface area contributed by atoms with Gasteiger partial charge >= 0.3 is 5.97 Å². The Morgan fingerprint density at radius 1 is 1.11 bits per heavy atom. The number of carbonyl (C=O) groups excluding carboxylic acids is 3. The second kappa shape index (κ2) is 9.34. The number of nitrogens with one attached hydrogen (secondary N) is 1. The molecule has 2 amide bonds. The second-order valence-electron chi connectivity index (χ2n) is 5.48. The highest BCUT2D eigenvalue weighted by atomic mass is 35.5. The van der Waals surface area contributed by atoms with Gasteiger partial charge in [0, 0.05) is 12.7 Å². The quantitative estimate of drug-likeness (QED) is 0.737. The monoisotopic (exact) mass is 412 g/mol. The highest BCUT2D eigenvalue weighted by Gasteiger charge is 2.18. The minimum absolute atomic E-state index is 0.0312. The number of carbonyl (C=O) groups is 3. The largest absolute Gasteiger partial charge is 0.452 e. The van der Waals surface area contributed by atoms with E-state index in [9.17, 15) is 18.8 Å². The predicted molar refractivity (Wildman–Crippen MR) is 99.4 cm³/mol. The van der Waals surface area contributed by atoms with Crippen LogP contribution in [0.1, 0.15) is 10.4 Å². The van der Waals surface area contributed by atoms with Crippen LogP contribution < -0.4 is 5.32 Å². The smallest absolute Gasteiger partial charge is 0.340 e. The fourth-order valence-electron chi connectivity index (χ4n) is 2.01. The number of likely N-dealkylation sites (N-methyl/N-ethyl adjacent to an activating group) is 1. The van der Waals surface area contributed by atoms with Gasteiger partial charge in [0.05, 0.1) is 22.2 Å². The molecule has 0 unspecified atom stereocenters. The zero-order chi connectivity index (χ0) is 20.0. The van der Waals surface area contributed by atoms with Gasteiger partial charge in [0.25, 0.3) is 5.91 Å². The van der Waals surface area contributed by atoms with Crippen LogP contribution in [0.2, 0.25) is 10.0 Å². The average Bonchev–Trinajstić information content (AvgIpc) is 2.63. The first-order valence-electron chi connectivity index (χ1n) is 7.68. The summed E-state index contributed by atoms with van der Waals surface area (Å²) in [6.45, 7) is -0.840. The molecule has 0 atom stereocenters. The number of ether oxygens (including phenoxy) is 1. The van der Waals surface area contributed by atoms with E-state index in [2.05, 4.69) is 5.32 Å². The first kappa shape index (κ1) is 20.7. The molecule has 0 saturated heterocycles. The summed E-state index contributed by atoms with van der Waals surface area (Å²) in [5.41, 5.74) is 0.429. The van der Waals surface area contributed by atoms with Crippen LogP contribution in [-0.4, -0.2) is 42.9 Å². The summed E-state index contributed by atoms with van der Waals surface area (Å²) in [5, 5.41) is 2.74. The standard InChI is InChI=1S/C18H15Cl2FN2O4/c1-23(9-15(24)22-12-7-5-11(21)6-8-12)16(25)10-27-18(26)13-3-2-4-14(19)17(13)20/h2-8H,9-10H2,1H3,(H,22,24). The number of esters is 1. The van der Waals surface area contributed by atoms with Crippen molar-refractivity contribution < 1.29 is 23.5 Å². The van der Waals surface area contributed by atoms with E-state index in [0.717, 1.165) is 4.90 Å². The molecule has 0 aliphatic carbocycles. The van der Waals surface area contributed by atoms with Gasteiger partial charge in [-0.05, 0) is 36.4 Å². The molecule has 0 spiro atoms. The first-order valence-corrected chi connectivity index (χ1v) is 8.44. The van der Waals surface area contributed by atoms with Crippen LogP contribution in [0.15, 0.2) is 42.5 Å². The molecule has 0 aliphatic rings. The van der Waals surface area contributed by atoms with Gasteiger partial charge in [-0.3, -0.25) is 9.59 Å². The summed E-state index contributed by atoms with van der Waals surface area (Å²) in [5.74, 6) is -2.31. The topological polar surface area (TPSA) is 75.7 Å². The van der Waals surface area contributed by atoms with Crippen molar-refractivity contribution in [3.05, 3.63) is 63.9 Å². The van der Waals surface area contributed by atoms with Gasteiger partial charge in [0.15, 0.2) is 6.61 Å². The van der Waals surface area contributed by atoms with Crippen molar-refractivity contribution in [2.75, 3.05) is 25.5 Å². The second-order valence-corrected chi connectivity index (χ2v) is 6.27. The van der Waals surface area contributed by atoms with Crippen LogP contribution in [0.3, 0.4) is 0 Å². The maximum absolute atomic E-state index is 12.8. The lowest BCUT2D eigenvalue weighted by atomic mass is 10.2. The molecule has 27 heavy (non-hydrogen) atoms. The molecule has 2 rings (SSSR count). The van der Waals surface area contributed by atoms with Crippen LogP contribution >= 0.6 is 23.2 Å². The molecule has 0 saturated carbocycles. The number of anilines is 1. The van der Waals surface area contributed by atoms with E-state index in [0.29, 0.717) is 5.69 Å². The summed E-state index contributed by atoms with van der Waals surface area (Å²) in [7, 11) is 1.38. The van der Waals surface area contributed by atoms with Gasteiger partial charge in [-0.1, -0.05) is 29.3 Å². The Hall–Kier alpha value is -2.64.